The topological polar surface area (TPSA) is 37.9 Å². The lowest BCUT2D eigenvalue weighted by Crippen LogP contribution is -2.08. The van der Waals surface area contributed by atoms with Crippen molar-refractivity contribution in [2.75, 3.05) is 6.61 Å². The third-order valence-corrected chi connectivity index (χ3v) is 2.18. The van der Waals surface area contributed by atoms with Gasteiger partial charge in [-0.2, -0.15) is 5.10 Å². The first kappa shape index (κ1) is 7.65. The van der Waals surface area contributed by atoms with Crippen molar-refractivity contribution in [3.05, 3.63) is 11.4 Å². The van der Waals surface area contributed by atoms with Crippen molar-refractivity contribution in [1.29, 1.82) is 0 Å². The summed E-state index contributed by atoms with van der Waals surface area (Å²) in [5, 5.41) is 7.28. The highest BCUT2D eigenvalue weighted by Gasteiger charge is 2.19. The first-order valence-electron chi connectivity index (χ1n) is 4.49. The summed E-state index contributed by atoms with van der Waals surface area (Å²) in [6.07, 6.45) is 2.18. The van der Waals surface area contributed by atoms with Crippen LogP contribution in [0.1, 0.15) is 37.6 Å². The van der Waals surface area contributed by atoms with Crippen molar-refractivity contribution >= 4 is 0 Å². The lowest BCUT2D eigenvalue weighted by molar-refractivity contribution is 0.284. The van der Waals surface area contributed by atoms with E-state index in [1.54, 1.807) is 0 Å². The zero-order chi connectivity index (χ0) is 8.55. The molecular formula is C9H14N2O. The Labute approximate surface area is 72.1 Å². The number of aryl methyl sites for hydroxylation is 1. The van der Waals surface area contributed by atoms with Crippen LogP contribution in [-0.4, -0.2) is 16.8 Å². The Balaban J connectivity index is 2.38. The maximum atomic E-state index is 5.56. The van der Waals surface area contributed by atoms with E-state index in [1.165, 1.54) is 5.69 Å². The molecule has 1 N–H and O–H groups in total. The molecule has 3 heteroatoms. The minimum atomic E-state index is 0.447. The van der Waals surface area contributed by atoms with Crippen LogP contribution in [0.15, 0.2) is 0 Å². The van der Waals surface area contributed by atoms with Crippen molar-refractivity contribution in [3.63, 3.8) is 0 Å². The Morgan fingerprint density at radius 1 is 1.50 bits per heavy atom. The van der Waals surface area contributed by atoms with E-state index in [2.05, 4.69) is 24.0 Å². The van der Waals surface area contributed by atoms with Gasteiger partial charge in [-0.1, -0.05) is 13.8 Å². The standard InChI is InChI=1S/C9H14N2O/c1-6(2)8-9-7(10-11-8)4-3-5-12-9/h6H,3-5H2,1-2H3,(H,10,11). The molecule has 0 aliphatic carbocycles. The molecule has 12 heavy (non-hydrogen) atoms. The number of rotatable bonds is 1. The van der Waals surface area contributed by atoms with Gasteiger partial charge in [-0.15, -0.1) is 0 Å². The van der Waals surface area contributed by atoms with Crippen LogP contribution in [0.5, 0.6) is 5.75 Å². The number of aromatic amines is 1. The predicted octanol–water partition coefficient (Wildman–Crippen LogP) is 1.86. The van der Waals surface area contributed by atoms with Gasteiger partial charge in [0, 0.05) is 5.92 Å². The van der Waals surface area contributed by atoms with E-state index < -0.39 is 0 Å². The van der Waals surface area contributed by atoms with Crippen LogP contribution in [-0.2, 0) is 6.42 Å². The zero-order valence-corrected chi connectivity index (χ0v) is 7.55. The second-order valence-electron chi connectivity index (χ2n) is 3.52. The van der Waals surface area contributed by atoms with E-state index in [9.17, 15) is 0 Å². The van der Waals surface area contributed by atoms with Crippen molar-refractivity contribution in [2.45, 2.75) is 32.6 Å². The summed E-state index contributed by atoms with van der Waals surface area (Å²) >= 11 is 0. The predicted molar refractivity (Wildman–Crippen MR) is 46.5 cm³/mol. The molecule has 0 aromatic carbocycles. The van der Waals surface area contributed by atoms with Crippen LogP contribution < -0.4 is 4.74 Å². The van der Waals surface area contributed by atoms with Gasteiger partial charge in [0.1, 0.15) is 5.69 Å². The molecule has 2 heterocycles. The summed E-state index contributed by atoms with van der Waals surface area (Å²) in [5.74, 6) is 1.46. The van der Waals surface area contributed by atoms with E-state index in [4.69, 9.17) is 4.74 Å². The normalized spacial score (nSPS) is 15.9. The molecule has 3 nitrogen and oxygen atoms in total. The largest absolute Gasteiger partial charge is 0.490 e. The van der Waals surface area contributed by atoms with Gasteiger partial charge in [-0.25, -0.2) is 0 Å². The Kier molecular flexibility index (Phi) is 1.79. The molecule has 0 radical (unpaired) electrons. The van der Waals surface area contributed by atoms with E-state index >= 15 is 0 Å². The molecule has 2 rings (SSSR count). The van der Waals surface area contributed by atoms with Gasteiger partial charge in [0.05, 0.1) is 12.3 Å². The number of hydrogen-bond donors (Lipinski definition) is 1. The average molecular weight is 166 g/mol. The second-order valence-corrected chi connectivity index (χ2v) is 3.52. The van der Waals surface area contributed by atoms with Crippen molar-refractivity contribution in [2.24, 2.45) is 0 Å². The maximum absolute atomic E-state index is 5.56. The molecule has 1 aromatic heterocycles. The number of aromatic nitrogens is 2. The number of H-pyrrole nitrogens is 1. The van der Waals surface area contributed by atoms with Crippen LogP contribution in [0.25, 0.3) is 0 Å². The van der Waals surface area contributed by atoms with Gasteiger partial charge < -0.3 is 4.74 Å². The highest BCUT2D eigenvalue weighted by molar-refractivity contribution is 5.35. The van der Waals surface area contributed by atoms with E-state index in [0.29, 0.717) is 5.92 Å². The molecule has 1 aliphatic rings. The summed E-state index contributed by atoms with van der Waals surface area (Å²) in [7, 11) is 0. The average Bonchev–Trinajstić information content (AvgIpc) is 2.47. The number of fused-ring (bicyclic) bond motifs is 1. The van der Waals surface area contributed by atoms with Crippen LogP contribution >= 0.6 is 0 Å². The summed E-state index contributed by atoms with van der Waals surface area (Å²) < 4.78 is 5.56. The van der Waals surface area contributed by atoms with Crippen molar-refractivity contribution < 1.29 is 4.74 Å². The molecule has 66 valence electrons. The molecular weight excluding hydrogens is 152 g/mol. The number of nitrogens with zero attached hydrogens (tertiary/aromatic N) is 1. The van der Waals surface area contributed by atoms with Gasteiger partial charge in [0.2, 0.25) is 0 Å². The van der Waals surface area contributed by atoms with Gasteiger partial charge in [-0.05, 0) is 12.8 Å². The number of hydrogen-bond acceptors (Lipinski definition) is 2. The highest BCUT2D eigenvalue weighted by Crippen LogP contribution is 2.30. The second kappa shape index (κ2) is 2.81. The van der Waals surface area contributed by atoms with E-state index in [-0.39, 0.29) is 0 Å². The highest BCUT2D eigenvalue weighted by atomic mass is 16.5. The summed E-state index contributed by atoms with van der Waals surface area (Å²) in [6, 6.07) is 0. The molecule has 0 saturated carbocycles. The SMILES string of the molecule is CC(C)c1n[nH]c2c1OCCC2. The molecule has 0 atom stereocenters. The molecule has 0 bridgehead atoms. The molecule has 0 fully saturated rings. The monoisotopic (exact) mass is 166 g/mol. The van der Waals surface area contributed by atoms with Crippen LogP contribution in [0, 0.1) is 0 Å². The third kappa shape index (κ3) is 1.09. The molecule has 0 unspecified atom stereocenters. The maximum Gasteiger partial charge on any atom is 0.163 e. The van der Waals surface area contributed by atoms with Crippen LogP contribution in [0.3, 0.4) is 0 Å². The third-order valence-electron chi connectivity index (χ3n) is 2.18. The molecule has 1 aliphatic heterocycles. The Morgan fingerprint density at radius 2 is 2.33 bits per heavy atom. The van der Waals surface area contributed by atoms with Gasteiger partial charge >= 0.3 is 0 Å². The van der Waals surface area contributed by atoms with E-state index in [0.717, 1.165) is 30.9 Å². The van der Waals surface area contributed by atoms with Gasteiger partial charge in [-0.3, -0.25) is 5.10 Å². The minimum absolute atomic E-state index is 0.447. The summed E-state index contributed by atoms with van der Waals surface area (Å²) in [4.78, 5) is 0. The van der Waals surface area contributed by atoms with Gasteiger partial charge in [0.25, 0.3) is 0 Å². The Morgan fingerprint density at radius 3 is 3.08 bits per heavy atom. The van der Waals surface area contributed by atoms with E-state index in [1.807, 2.05) is 0 Å². The quantitative estimate of drug-likeness (QED) is 0.691. The fourth-order valence-corrected chi connectivity index (χ4v) is 1.53. The van der Waals surface area contributed by atoms with Crippen molar-refractivity contribution in [3.8, 4) is 5.75 Å². The molecule has 1 aromatic rings. The zero-order valence-electron chi connectivity index (χ0n) is 7.55. The first-order valence-corrected chi connectivity index (χ1v) is 4.49. The summed E-state index contributed by atoms with van der Waals surface area (Å²) in [6.45, 7) is 5.11. The molecule has 0 saturated heterocycles. The van der Waals surface area contributed by atoms with Crippen LogP contribution in [0.4, 0.5) is 0 Å². The Bertz CT molecular complexity index is 278. The number of nitrogens with one attached hydrogen (secondary N) is 1. The first-order chi connectivity index (χ1) is 5.79. The fraction of sp³-hybridized carbons (Fsp3) is 0.667. The Hall–Kier alpha value is -0.990. The molecule has 0 amide bonds. The van der Waals surface area contributed by atoms with Crippen molar-refractivity contribution in [1.82, 2.24) is 10.2 Å². The van der Waals surface area contributed by atoms with Crippen LogP contribution in [0.2, 0.25) is 0 Å². The lowest BCUT2D eigenvalue weighted by Gasteiger charge is -2.14. The summed E-state index contributed by atoms with van der Waals surface area (Å²) in [5.41, 5.74) is 2.25. The smallest absolute Gasteiger partial charge is 0.163 e. The number of ether oxygens (including phenoxy) is 1. The molecule has 0 spiro atoms. The lowest BCUT2D eigenvalue weighted by atomic mass is 10.1. The minimum Gasteiger partial charge on any atom is -0.490 e. The van der Waals surface area contributed by atoms with Gasteiger partial charge in [0.15, 0.2) is 5.75 Å². The fourth-order valence-electron chi connectivity index (χ4n) is 1.53.